The predicted molar refractivity (Wildman–Crippen MR) is 96.9 cm³/mol. The monoisotopic (exact) mass is 309 g/mol. The van der Waals surface area contributed by atoms with Crippen LogP contribution in [0.25, 0.3) is 0 Å². The summed E-state index contributed by atoms with van der Waals surface area (Å²) in [5.74, 6) is 0.0187. The van der Waals surface area contributed by atoms with Gasteiger partial charge in [0.05, 0.1) is 0 Å². The summed E-state index contributed by atoms with van der Waals surface area (Å²) in [6, 6.07) is 18.4. The second kappa shape index (κ2) is 7.96. The Morgan fingerprint density at radius 2 is 1.57 bits per heavy atom. The van der Waals surface area contributed by atoms with Crippen LogP contribution in [-0.2, 0) is 11.8 Å². The molecule has 0 bridgehead atoms. The first-order valence-corrected chi connectivity index (χ1v) is 8.39. The number of carbonyl (C=O) groups is 1. The molecule has 23 heavy (non-hydrogen) atoms. The fourth-order valence-corrected chi connectivity index (χ4v) is 2.52. The summed E-state index contributed by atoms with van der Waals surface area (Å²) < 4.78 is 0. The van der Waals surface area contributed by atoms with Gasteiger partial charge in [0.1, 0.15) is 0 Å². The van der Waals surface area contributed by atoms with Gasteiger partial charge < -0.3 is 5.32 Å². The first-order chi connectivity index (χ1) is 11.0. The lowest BCUT2D eigenvalue weighted by Gasteiger charge is -2.19. The van der Waals surface area contributed by atoms with E-state index in [0.29, 0.717) is 0 Å². The summed E-state index contributed by atoms with van der Waals surface area (Å²) >= 11 is 0. The quantitative estimate of drug-likeness (QED) is 0.767. The Hall–Kier alpha value is -2.09. The van der Waals surface area contributed by atoms with E-state index >= 15 is 0 Å². The van der Waals surface area contributed by atoms with Crippen molar-refractivity contribution in [2.45, 2.75) is 45.4 Å². The van der Waals surface area contributed by atoms with Crippen molar-refractivity contribution in [3.05, 3.63) is 71.3 Å². The van der Waals surface area contributed by atoms with Gasteiger partial charge in [-0.25, -0.2) is 0 Å². The Morgan fingerprint density at radius 1 is 0.913 bits per heavy atom. The molecular weight excluding hydrogens is 282 g/mol. The maximum absolute atomic E-state index is 12.1. The van der Waals surface area contributed by atoms with Crippen molar-refractivity contribution in [3.8, 4) is 0 Å². The van der Waals surface area contributed by atoms with Gasteiger partial charge >= 0.3 is 0 Å². The van der Waals surface area contributed by atoms with Crippen molar-refractivity contribution in [2.24, 2.45) is 0 Å². The number of amides is 1. The molecule has 0 aromatic heterocycles. The minimum absolute atomic E-state index is 0.0187. The Bertz CT molecular complexity index is 609. The Morgan fingerprint density at radius 3 is 2.17 bits per heavy atom. The molecule has 2 aromatic rings. The molecule has 122 valence electrons. The van der Waals surface area contributed by atoms with Crippen molar-refractivity contribution in [2.75, 3.05) is 6.54 Å². The average Bonchev–Trinajstić information content (AvgIpc) is 2.54. The Balaban J connectivity index is 1.72. The van der Waals surface area contributed by atoms with Gasteiger partial charge in [-0.2, -0.15) is 0 Å². The van der Waals surface area contributed by atoms with E-state index in [1.807, 2.05) is 30.3 Å². The molecule has 0 heterocycles. The first kappa shape index (κ1) is 17.3. The zero-order valence-electron chi connectivity index (χ0n) is 14.4. The highest BCUT2D eigenvalue weighted by Gasteiger charge is 2.14. The Labute approximate surface area is 139 Å². The topological polar surface area (TPSA) is 29.1 Å². The van der Waals surface area contributed by atoms with Crippen LogP contribution >= 0.6 is 0 Å². The van der Waals surface area contributed by atoms with E-state index in [0.717, 1.165) is 31.4 Å². The van der Waals surface area contributed by atoms with Crippen molar-refractivity contribution >= 4 is 5.91 Å². The van der Waals surface area contributed by atoms with Crippen LogP contribution < -0.4 is 5.32 Å². The van der Waals surface area contributed by atoms with Crippen LogP contribution in [0.5, 0.6) is 0 Å². The molecule has 2 aromatic carbocycles. The van der Waals surface area contributed by atoms with E-state index in [-0.39, 0.29) is 11.3 Å². The zero-order chi connectivity index (χ0) is 16.7. The number of rotatable bonds is 6. The van der Waals surface area contributed by atoms with Crippen LogP contribution in [0.3, 0.4) is 0 Å². The standard InChI is InChI=1S/C21H27NO/c1-21(2,3)19-14-12-18(13-15-19)20(23)22-16-8-7-11-17-9-5-4-6-10-17/h4-6,9-10,12-15H,7-8,11,16H2,1-3H3,(H,22,23). The number of benzene rings is 2. The molecule has 0 aliphatic heterocycles. The van der Waals surface area contributed by atoms with Gasteiger partial charge in [0.25, 0.3) is 5.91 Å². The first-order valence-electron chi connectivity index (χ1n) is 8.39. The largest absolute Gasteiger partial charge is 0.352 e. The molecular formula is C21H27NO. The van der Waals surface area contributed by atoms with Crippen LogP contribution in [0.15, 0.2) is 54.6 Å². The fraction of sp³-hybridized carbons (Fsp3) is 0.381. The van der Waals surface area contributed by atoms with E-state index in [2.05, 4.69) is 50.4 Å². The van der Waals surface area contributed by atoms with Gasteiger partial charge in [-0.3, -0.25) is 4.79 Å². The highest BCUT2D eigenvalue weighted by atomic mass is 16.1. The molecule has 1 N–H and O–H groups in total. The molecule has 0 saturated carbocycles. The van der Waals surface area contributed by atoms with Gasteiger partial charge in [0.15, 0.2) is 0 Å². The molecule has 1 amide bonds. The molecule has 0 radical (unpaired) electrons. The number of hydrogen-bond acceptors (Lipinski definition) is 1. The molecule has 0 spiro atoms. The lowest BCUT2D eigenvalue weighted by atomic mass is 9.87. The minimum atomic E-state index is 0.0187. The highest BCUT2D eigenvalue weighted by Crippen LogP contribution is 2.22. The maximum Gasteiger partial charge on any atom is 0.251 e. The lowest BCUT2D eigenvalue weighted by Crippen LogP contribution is -2.24. The molecule has 0 atom stereocenters. The molecule has 2 heteroatoms. The number of unbranched alkanes of at least 4 members (excludes halogenated alkanes) is 1. The van der Waals surface area contributed by atoms with Crippen molar-refractivity contribution in [1.82, 2.24) is 5.32 Å². The van der Waals surface area contributed by atoms with Crippen molar-refractivity contribution < 1.29 is 4.79 Å². The van der Waals surface area contributed by atoms with Crippen LogP contribution in [0.1, 0.15) is 55.1 Å². The third-order valence-electron chi connectivity index (χ3n) is 4.03. The summed E-state index contributed by atoms with van der Waals surface area (Å²) in [5, 5.41) is 3.00. The third kappa shape index (κ3) is 5.55. The molecule has 0 aliphatic carbocycles. The van der Waals surface area contributed by atoms with Crippen molar-refractivity contribution in [1.29, 1.82) is 0 Å². The third-order valence-corrected chi connectivity index (χ3v) is 4.03. The van der Waals surface area contributed by atoms with Gasteiger partial charge in [-0.15, -0.1) is 0 Å². The van der Waals surface area contributed by atoms with E-state index < -0.39 is 0 Å². The van der Waals surface area contributed by atoms with E-state index in [4.69, 9.17) is 0 Å². The van der Waals surface area contributed by atoms with Gasteiger partial charge in [0, 0.05) is 12.1 Å². The predicted octanol–water partition coefficient (Wildman–Crippen LogP) is 4.74. The van der Waals surface area contributed by atoms with Crippen molar-refractivity contribution in [3.63, 3.8) is 0 Å². The summed E-state index contributed by atoms with van der Waals surface area (Å²) in [4.78, 5) is 12.1. The van der Waals surface area contributed by atoms with Gasteiger partial charge in [-0.05, 0) is 47.9 Å². The highest BCUT2D eigenvalue weighted by molar-refractivity contribution is 5.94. The zero-order valence-corrected chi connectivity index (χ0v) is 14.4. The van der Waals surface area contributed by atoms with Gasteiger partial charge in [-0.1, -0.05) is 63.2 Å². The SMILES string of the molecule is CC(C)(C)c1ccc(C(=O)NCCCCc2ccccc2)cc1. The van der Waals surface area contributed by atoms with E-state index in [1.165, 1.54) is 11.1 Å². The Kier molecular flexibility index (Phi) is 5.97. The van der Waals surface area contributed by atoms with Crippen LogP contribution in [0.4, 0.5) is 0 Å². The lowest BCUT2D eigenvalue weighted by molar-refractivity contribution is 0.0953. The smallest absolute Gasteiger partial charge is 0.251 e. The minimum Gasteiger partial charge on any atom is -0.352 e. The molecule has 0 fully saturated rings. The van der Waals surface area contributed by atoms with E-state index in [9.17, 15) is 4.79 Å². The normalized spacial score (nSPS) is 11.3. The summed E-state index contributed by atoms with van der Waals surface area (Å²) in [6.07, 6.45) is 3.16. The van der Waals surface area contributed by atoms with E-state index in [1.54, 1.807) is 0 Å². The molecule has 0 unspecified atom stereocenters. The van der Waals surface area contributed by atoms with Crippen LogP contribution in [0, 0.1) is 0 Å². The second-order valence-electron chi connectivity index (χ2n) is 7.03. The molecule has 2 nitrogen and oxygen atoms in total. The molecule has 0 saturated heterocycles. The summed E-state index contributed by atoms with van der Waals surface area (Å²) in [7, 11) is 0. The van der Waals surface area contributed by atoms with Crippen LogP contribution in [-0.4, -0.2) is 12.5 Å². The number of nitrogens with one attached hydrogen (secondary N) is 1. The summed E-state index contributed by atoms with van der Waals surface area (Å²) in [6.45, 7) is 7.26. The fourth-order valence-electron chi connectivity index (χ4n) is 2.52. The molecule has 2 rings (SSSR count). The van der Waals surface area contributed by atoms with Gasteiger partial charge in [0.2, 0.25) is 0 Å². The number of hydrogen-bond donors (Lipinski definition) is 1. The second-order valence-corrected chi connectivity index (χ2v) is 7.03. The maximum atomic E-state index is 12.1. The van der Waals surface area contributed by atoms with Crippen LogP contribution in [0.2, 0.25) is 0 Å². The summed E-state index contributed by atoms with van der Waals surface area (Å²) in [5.41, 5.74) is 3.46. The number of aryl methyl sites for hydroxylation is 1. The molecule has 0 aliphatic rings. The number of carbonyl (C=O) groups excluding carboxylic acids is 1. The average molecular weight is 309 g/mol.